The average Bonchev–Trinajstić information content (AvgIpc) is 2.96. The van der Waals surface area contributed by atoms with Crippen molar-refractivity contribution in [3.63, 3.8) is 0 Å². The number of rotatable bonds is 1. The van der Waals surface area contributed by atoms with Gasteiger partial charge < -0.3 is 24.8 Å². The van der Waals surface area contributed by atoms with Gasteiger partial charge in [0.2, 0.25) is 0 Å². The number of phenolic OH excluding ortho intramolecular Hbond substituents is 2. The van der Waals surface area contributed by atoms with E-state index in [9.17, 15) is 24.9 Å². The highest BCUT2D eigenvalue weighted by molar-refractivity contribution is 6.32. The normalized spacial score (nSPS) is 18.4. The Morgan fingerprint density at radius 2 is 1.66 bits per heavy atom. The van der Waals surface area contributed by atoms with Gasteiger partial charge in [0.1, 0.15) is 23.0 Å². The van der Waals surface area contributed by atoms with Crippen LogP contribution in [0.3, 0.4) is 0 Å². The molecular formula is C21H11ClO7. The Morgan fingerprint density at radius 3 is 2.41 bits per heavy atom. The number of benzene rings is 3. The first-order valence-electron chi connectivity index (χ1n) is 8.47. The molecule has 1 unspecified atom stereocenters. The molecule has 3 aromatic carbocycles. The highest BCUT2D eigenvalue weighted by Crippen LogP contribution is 2.57. The van der Waals surface area contributed by atoms with Crippen LogP contribution < -0.4 is 4.74 Å². The Labute approximate surface area is 168 Å². The molecule has 1 spiro atoms. The van der Waals surface area contributed by atoms with E-state index in [4.69, 9.17) is 21.1 Å². The summed E-state index contributed by atoms with van der Waals surface area (Å²) in [6.07, 6.45) is 0. The Balaban J connectivity index is 1.88. The van der Waals surface area contributed by atoms with E-state index in [1.165, 1.54) is 42.5 Å². The number of phenols is 2. The molecular weight excluding hydrogens is 400 g/mol. The Bertz CT molecular complexity index is 1250. The van der Waals surface area contributed by atoms with Crippen molar-refractivity contribution < 1.29 is 34.4 Å². The molecule has 29 heavy (non-hydrogen) atoms. The number of fused-ring (bicyclic) bond motifs is 6. The van der Waals surface area contributed by atoms with E-state index < -0.39 is 17.5 Å². The van der Waals surface area contributed by atoms with Crippen LogP contribution in [0.4, 0.5) is 0 Å². The molecule has 0 amide bonds. The van der Waals surface area contributed by atoms with Crippen molar-refractivity contribution in [2.24, 2.45) is 0 Å². The zero-order chi connectivity index (χ0) is 20.5. The topological polar surface area (TPSA) is 113 Å². The van der Waals surface area contributed by atoms with Gasteiger partial charge in [0.25, 0.3) is 0 Å². The number of carboxylic acid groups (broad SMARTS) is 1. The summed E-state index contributed by atoms with van der Waals surface area (Å²) in [5.41, 5.74) is -0.225. The van der Waals surface area contributed by atoms with Crippen molar-refractivity contribution in [2.45, 2.75) is 5.60 Å². The Morgan fingerprint density at radius 1 is 0.931 bits per heavy atom. The summed E-state index contributed by atoms with van der Waals surface area (Å²) in [4.78, 5) is 24.1. The van der Waals surface area contributed by atoms with Gasteiger partial charge >= 0.3 is 11.9 Å². The van der Waals surface area contributed by atoms with Gasteiger partial charge in [-0.05, 0) is 30.3 Å². The van der Waals surface area contributed by atoms with Crippen molar-refractivity contribution in [1.82, 2.24) is 0 Å². The Kier molecular flexibility index (Phi) is 3.39. The van der Waals surface area contributed by atoms with Crippen molar-refractivity contribution in [2.75, 3.05) is 0 Å². The summed E-state index contributed by atoms with van der Waals surface area (Å²) in [5, 5.41) is 29.2. The molecule has 3 N–H and O–H groups in total. The average molecular weight is 411 g/mol. The second-order valence-electron chi connectivity index (χ2n) is 6.72. The van der Waals surface area contributed by atoms with Gasteiger partial charge in [0.15, 0.2) is 5.60 Å². The monoisotopic (exact) mass is 410 g/mol. The van der Waals surface area contributed by atoms with Crippen LogP contribution in [0.2, 0.25) is 5.02 Å². The number of esters is 1. The maximum absolute atomic E-state index is 12.8. The van der Waals surface area contributed by atoms with Crippen molar-refractivity contribution in [3.05, 3.63) is 81.4 Å². The van der Waals surface area contributed by atoms with Crippen LogP contribution in [-0.2, 0) is 10.3 Å². The predicted octanol–water partition coefficient (Wildman–Crippen LogP) is 4.02. The lowest BCUT2D eigenvalue weighted by Crippen LogP contribution is -2.33. The van der Waals surface area contributed by atoms with E-state index in [-0.39, 0.29) is 39.1 Å². The lowest BCUT2D eigenvalue weighted by molar-refractivity contribution is 0.0224. The largest absolute Gasteiger partial charge is 0.508 e. The van der Waals surface area contributed by atoms with Crippen LogP contribution in [-0.4, -0.2) is 27.3 Å². The number of aromatic carboxylic acids is 1. The van der Waals surface area contributed by atoms with Crippen LogP contribution in [0.25, 0.3) is 0 Å². The minimum Gasteiger partial charge on any atom is -0.508 e. The van der Waals surface area contributed by atoms with Crippen LogP contribution >= 0.6 is 11.6 Å². The number of hydrogen-bond donors (Lipinski definition) is 3. The summed E-state index contributed by atoms with van der Waals surface area (Å²) in [6.45, 7) is 0. The molecule has 144 valence electrons. The first kappa shape index (κ1) is 17.4. The molecule has 0 aromatic heterocycles. The fourth-order valence-corrected chi connectivity index (χ4v) is 4.02. The summed E-state index contributed by atoms with van der Waals surface area (Å²) < 4.78 is 11.7. The predicted molar refractivity (Wildman–Crippen MR) is 100.0 cm³/mol. The zero-order valence-corrected chi connectivity index (χ0v) is 15.2. The molecule has 0 saturated heterocycles. The molecule has 3 aromatic rings. The number of aromatic hydroxyl groups is 2. The van der Waals surface area contributed by atoms with Gasteiger partial charge in [-0.3, -0.25) is 0 Å². The minimum atomic E-state index is -1.47. The molecule has 2 aliphatic rings. The van der Waals surface area contributed by atoms with E-state index in [1.54, 1.807) is 6.07 Å². The van der Waals surface area contributed by atoms with Crippen LogP contribution in [0.15, 0.2) is 48.5 Å². The smallest absolute Gasteiger partial charge is 0.340 e. The quantitative estimate of drug-likeness (QED) is 0.519. The lowest BCUT2D eigenvalue weighted by Gasteiger charge is -2.36. The van der Waals surface area contributed by atoms with E-state index >= 15 is 0 Å². The minimum absolute atomic E-state index is 0.0283. The number of hydrogen-bond acceptors (Lipinski definition) is 6. The molecule has 0 bridgehead atoms. The van der Waals surface area contributed by atoms with Gasteiger partial charge in [0.05, 0.1) is 16.1 Å². The summed E-state index contributed by atoms with van der Waals surface area (Å²) in [5.74, 6) is -1.76. The van der Waals surface area contributed by atoms with Gasteiger partial charge in [0, 0.05) is 28.8 Å². The van der Waals surface area contributed by atoms with Gasteiger partial charge in [-0.25, -0.2) is 9.59 Å². The first-order chi connectivity index (χ1) is 13.8. The lowest BCUT2D eigenvalue weighted by atomic mass is 9.77. The van der Waals surface area contributed by atoms with E-state index in [1.807, 2.05) is 0 Å². The molecule has 1 atom stereocenters. The summed E-state index contributed by atoms with van der Waals surface area (Å²) >= 11 is 6.13. The van der Waals surface area contributed by atoms with Crippen LogP contribution in [0.1, 0.15) is 37.4 Å². The number of ether oxygens (including phenoxy) is 2. The summed E-state index contributed by atoms with van der Waals surface area (Å²) in [6, 6.07) is 11.2. The molecule has 0 aliphatic carbocycles. The number of halogens is 1. The molecule has 0 radical (unpaired) electrons. The van der Waals surface area contributed by atoms with Crippen LogP contribution in [0, 0.1) is 0 Å². The van der Waals surface area contributed by atoms with E-state index in [2.05, 4.69) is 0 Å². The number of carboxylic acids is 1. The molecule has 0 saturated carbocycles. The van der Waals surface area contributed by atoms with Crippen LogP contribution in [0.5, 0.6) is 23.0 Å². The molecule has 8 heteroatoms. The number of carbonyl (C=O) groups is 2. The molecule has 2 aliphatic heterocycles. The molecule has 7 nitrogen and oxygen atoms in total. The van der Waals surface area contributed by atoms with E-state index in [0.717, 1.165) is 0 Å². The number of carbonyl (C=O) groups excluding carboxylic acids is 1. The standard InChI is InChI=1S/C21H11ClO7/c22-15-7-14-18(8-16(15)24)28-17-6-10(23)2-4-13(17)21(14)12-3-1-9(19(25)26)5-11(12)20(27)29-21/h1-8,23-24H,(H,25,26). The van der Waals surface area contributed by atoms with Crippen molar-refractivity contribution >= 4 is 23.5 Å². The Hall–Kier alpha value is -3.71. The van der Waals surface area contributed by atoms with Gasteiger partial charge in [-0.1, -0.05) is 17.7 Å². The second-order valence-corrected chi connectivity index (χ2v) is 7.13. The third kappa shape index (κ3) is 2.25. The maximum atomic E-state index is 12.8. The second kappa shape index (κ2) is 5.65. The fourth-order valence-electron chi connectivity index (χ4n) is 3.85. The first-order valence-corrected chi connectivity index (χ1v) is 8.84. The zero-order valence-electron chi connectivity index (χ0n) is 14.5. The van der Waals surface area contributed by atoms with Gasteiger partial charge in [-0.2, -0.15) is 0 Å². The van der Waals surface area contributed by atoms with Crippen molar-refractivity contribution in [3.8, 4) is 23.0 Å². The summed E-state index contributed by atoms with van der Waals surface area (Å²) in [7, 11) is 0. The molecule has 2 heterocycles. The van der Waals surface area contributed by atoms with Gasteiger partial charge in [-0.15, -0.1) is 0 Å². The maximum Gasteiger partial charge on any atom is 0.340 e. The van der Waals surface area contributed by atoms with E-state index in [0.29, 0.717) is 16.7 Å². The third-order valence-corrected chi connectivity index (χ3v) is 5.41. The highest BCUT2D eigenvalue weighted by atomic mass is 35.5. The SMILES string of the molecule is O=C(O)c1ccc2c(c1)C(=O)OC21c2ccc(O)cc2Oc2cc(O)c(Cl)cc21. The fraction of sp³-hybridized carbons (Fsp3) is 0.0476. The highest BCUT2D eigenvalue weighted by Gasteiger charge is 2.54. The molecule has 5 rings (SSSR count). The molecule has 0 fully saturated rings. The van der Waals surface area contributed by atoms with Crippen molar-refractivity contribution in [1.29, 1.82) is 0 Å². The third-order valence-electron chi connectivity index (χ3n) is 5.10.